The second-order valence-electron chi connectivity index (χ2n) is 5.98. The number of nitrogens with zero attached hydrogens (tertiary/aromatic N) is 1. The molecule has 0 aliphatic carbocycles. The van der Waals surface area contributed by atoms with E-state index in [2.05, 4.69) is 0 Å². The van der Waals surface area contributed by atoms with E-state index >= 15 is 0 Å². The number of aliphatic carboxylic acids is 1. The summed E-state index contributed by atoms with van der Waals surface area (Å²) < 4.78 is 74.1. The molecule has 2 N–H and O–H groups in total. The number of aliphatic hydroxyl groups is 1. The molecule has 142 valence electrons. The normalized spacial score (nSPS) is 21.8. The third-order valence-electron chi connectivity index (χ3n) is 2.67. The Kier molecular flexibility index (Phi) is 6.53. The predicted molar refractivity (Wildman–Crippen MR) is 67.1 cm³/mol. The van der Waals surface area contributed by atoms with E-state index < -0.39 is 48.6 Å². The topological polar surface area (TPSA) is 87.1 Å². The van der Waals surface area contributed by atoms with Gasteiger partial charge >= 0.3 is 24.4 Å². The van der Waals surface area contributed by atoms with Crippen LogP contribution in [-0.2, 0) is 9.53 Å². The van der Waals surface area contributed by atoms with E-state index in [9.17, 15) is 36.2 Å². The highest BCUT2D eigenvalue weighted by atomic mass is 19.4. The zero-order chi connectivity index (χ0) is 19.6. The first-order valence-corrected chi connectivity index (χ1v) is 6.46. The van der Waals surface area contributed by atoms with Crippen LogP contribution in [0.15, 0.2) is 0 Å². The molecule has 0 spiro atoms. The summed E-state index contributed by atoms with van der Waals surface area (Å²) in [5.41, 5.74) is -3.58. The third-order valence-corrected chi connectivity index (χ3v) is 2.67. The van der Waals surface area contributed by atoms with Gasteiger partial charge in [0.05, 0.1) is 6.54 Å². The van der Waals surface area contributed by atoms with Crippen LogP contribution in [0.1, 0.15) is 27.2 Å². The van der Waals surface area contributed by atoms with Crippen LogP contribution < -0.4 is 0 Å². The van der Waals surface area contributed by atoms with Crippen LogP contribution in [0.3, 0.4) is 0 Å². The summed E-state index contributed by atoms with van der Waals surface area (Å²) in [5, 5.41) is 16.5. The molecule has 0 radical (unpaired) electrons. The maximum Gasteiger partial charge on any atom is 0.490 e. The fourth-order valence-corrected chi connectivity index (χ4v) is 1.51. The molecular weight excluding hydrogens is 352 g/mol. The molecule has 6 nitrogen and oxygen atoms in total. The number of likely N-dealkylation sites (tertiary alicyclic amines) is 1. The van der Waals surface area contributed by atoms with Crippen LogP contribution in [0, 0.1) is 0 Å². The molecule has 1 heterocycles. The second-order valence-corrected chi connectivity index (χ2v) is 5.98. The summed E-state index contributed by atoms with van der Waals surface area (Å²) in [7, 11) is 0. The van der Waals surface area contributed by atoms with Gasteiger partial charge in [-0.1, -0.05) is 0 Å². The van der Waals surface area contributed by atoms with Crippen LogP contribution in [0.25, 0.3) is 0 Å². The lowest BCUT2D eigenvalue weighted by molar-refractivity contribution is -0.253. The maximum atomic E-state index is 12.5. The number of ether oxygens (including phenoxy) is 1. The van der Waals surface area contributed by atoms with E-state index in [1.807, 2.05) is 0 Å². The fourth-order valence-electron chi connectivity index (χ4n) is 1.51. The fraction of sp³-hybridized carbons (Fsp3) is 0.833. The SMILES string of the molecule is CC(C)(C)OC(=O)N1CCC(O)(C(F)(F)F)C1.O=C(O)C(F)(F)F. The molecule has 12 heteroatoms. The van der Waals surface area contributed by atoms with E-state index in [0.29, 0.717) is 0 Å². The first kappa shape index (κ1) is 22.3. The summed E-state index contributed by atoms with van der Waals surface area (Å²) in [6.45, 7) is 3.93. The minimum absolute atomic E-state index is 0.162. The lowest BCUT2D eigenvalue weighted by atomic mass is 10.0. The van der Waals surface area contributed by atoms with Gasteiger partial charge < -0.3 is 19.8 Å². The Bertz CT molecular complexity index is 470. The maximum absolute atomic E-state index is 12.5. The smallest absolute Gasteiger partial charge is 0.475 e. The lowest BCUT2D eigenvalue weighted by Crippen LogP contribution is -2.48. The average molecular weight is 369 g/mol. The van der Waals surface area contributed by atoms with Crippen molar-refractivity contribution in [3.8, 4) is 0 Å². The first-order valence-electron chi connectivity index (χ1n) is 6.46. The van der Waals surface area contributed by atoms with Crippen LogP contribution >= 0.6 is 0 Å². The highest BCUT2D eigenvalue weighted by Gasteiger charge is 2.58. The first-order chi connectivity index (χ1) is 10.4. The zero-order valence-corrected chi connectivity index (χ0v) is 13.0. The van der Waals surface area contributed by atoms with Gasteiger partial charge in [-0.25, -0.2) is 9.59 Å². The van der Waals surface area contributed by atoms with Gasteiger partial charge in [-0.15, -0.1) is 0 Å². The third kappa shape index (κ3) is 6.81. The number of carbonyl (C=O) groups is 2. The molecular formula is C12H17F6NO5. The largest absolute Gasteiger partial charge is 0.490 e. The van der Waals surface area contributed by atoms with Gasteiger partial charge in [0.2, 0.25) is 0 Å². The lowest BCUT2D eigenvalue weighted by Gasteiger charge is -2.27. The number of hydrogen-bond donors (Lipinski definition) is 2. The van der Waals surface area contributed by atoms with Crippen molar-refractivity contribution >= 4 is 12.1 Å². The summed E-state index contributed by atoms with van der Waals surface area (Å²) in [6, 6.07) is 0. The van der Waals surface area contributed by atoms with Gasteiger partial charge in [-0.3, -0.25) is 0 Å². The number of hydrogen-bond acceptors (Lipinski definition) is 4. The summed E-state index contributed by atoms with van der Waals surface area (Å²) in [4.78, 5) is 21.3. The van der Waals surface area contributed by atoms with Crippen molar-refractivity contribution in [1.82, 2.24) is 4.90 Å². The van der Waals surface area contributed by atoms with Gasteiger partial charge in [0.15, 0.2) is 5.60 Å². The van der Waals surface area contributed by atoms with E-state index in [1.165, 1.54) is 0 Å². The summed E-state index contributed by atoms with van der Waals surface area (Å²) in [6.07, 6.45) is -11.2. The molecule has 1 aliphatic rings. The van der Waals surface area contributed by atoms with E-state index in [-0.39, 0.29) is 6.54 Å². The van der Waals surface area contributed by atoms with Crippen LogP contribution in [0.4, 0.5) is 31.1 Å². The number of carboxylic acid groups (broad SMARTS) is 1. The molecule has 0 aromatic carbocycles. The van der Waals surface area contributed by atoms with Gasteiger partial charge in [-0.2, -0.15) is 26.3 Å². The van der Waals surface area contributed by atoms with E-state index in [4.69, 9.17) is 14.6 Å². The van der Waals surface area contributed by atoms with Gasteiger partial charge in [0.25, 0.3) is 0 Å². The number of halogens is 6. The highest BCUT2D eigenvalue weighted by molar-refractivity contribution is 5.73. The van der Waals surface area contributed by atoms with Crippen molar-refractivity contribution in [2.45, 2.75) is 50.7 Å². The Morgan fingerprint density at radius 3 is 1.75 bits per heavy atom. The minimum Gasteiger partial charge on any atom is -0.475 e. The van der Waals surface area contributed by atoms with Crippen molar-refractivity contribution in [3.05, 3.63) is 0 Å². The Morgan fingerprint density at radius 2 is 1.50 bits per heavy atom. The van der Waals surface area contributed by atoms with Gasteiger partial charge in [0.1, 0.15) is 5.60 Å². The molecule has 1 fully saturated rings. The summed E-state index contributed by atoms with van der Waals surface area (Å²) in [5.74, 6) is -2.76. The van der Waals surface area contributed by atoms with Crippen LogP contribution in [0.2, 0.25) is 0 Å². The molecule has 0 saturated carbocycles. The molecule has 1 aliphatic heterocycles. The average Bonchev–Trinajstić information content (AvgIpc) is 2.70. The van der Waals surface area contributed by atoms with Crippen LogP contribution in [0.5, 0.6) is 0 Å². The number of carbonyl (C=O) groups excluding carboxylic acids is 1. The molecule has 0 aromatic rings. The number of β-amino-alcohol motifs (C(OH)–C–C–N with tert-alkyl or cyclic N) is 1. The molecule has 0 aromatic heterocycles. The molecule has 24 heavy (non-hydrogen) atoms. The standard InChI is InChI=1S/C10H16F3NO3.C2HF3O2/c1-8(2,3)17-7(15)14-5-4-9(16,6-14)10(11,12)13;3-2(4,5)1(6)7/h16H,4-6H2,1-3H3;(H,6,7). The Hall–Kier alpha value is -1.72. The minimum atomic E-state index is -5.08. The Morgan fingerprint density at radius 1 is 1.08 bits per heavy atom. The molecule has 1 atom stereocenters. The monoisotopic (exact) mass is 369 g/mol. The molecule has 1 amide bonds. The summed E-state index contributed by atoms with van der Waals surface area (Å²) >= 11 is 0. The van der Waals surface area contributed by atoms with E-state index in [0.717, 1.165) is 4.90 Å². The van der Waals surface area contributed by atoms with Crippen molar-refractivity contribution in [3.63, 3.8) is 0 Å². The number of rotatable bonds is 0. The molecule has 1 unspecified atom stereocenters. The van der Waals surface area contributed by atoms with Crippen molar-refractivity contribution < 1.29 is 50.9 Å². The Labute approximate surface area is 133 Å². The van der Waals surface area contributed by atoms with Crippen molar-refractivity contribution in [1.29, 1.82) is 0 Å². The highest BCUT2D eigenvalue weighted by Crippen LogP contribution is 2.37. The quantitative estimate of drug-likeness (QED) is 0.641. The number of amides is 1. The van der Waals surface area contributed by atoms with Gasteiger partial charge in [0, 0.05) is 13.0 Å². The van der Waals surface area contributed by atoms with Crippen LogP contribution in [-0.4, -0.2) is 63.8 Å². The molecule has 0 bridgehead atoms. The van der Waals surface area contributed by atoms with E-state index in [1.54, 1.807) is 20.8 Å². The number of alkyl halides is 6. The second kappa shape index (κ2) is 7.03. The van der Waals surface area contributed by atoms with Crippen molar-refractivity contribution in [2.75, 3.05) is 13.1 Å². The zero-order valence-electron chi connectivity index (χ0n) is 13.0. The molecule has 1 saturated heterocycles. The van der Waals surface area contributed by atoms with Gasteiger partial charge in [-0.05, 0) is 20.8 Å². The number of carboxylic acids is 1. The van der Waals surface area contributed by atoms with Crippen molar-refractivity contribution in [2.24, 2.45) is 0 Å². The Balaban J connectivity index is 0.000000640. The molecule has 1 rings (SSSR count). The predicted octanol–water partition coefficient (Wildman–Crippen LogP) is 2.55.